The Morgan fingerprint density at radius 2 is 1.15 bits per heavy atom. The number of benzene rings is 3. The highest BCUT2D eigenvalue weighted by atomic mass is 35.5. The summed E-state index contributed by atoms with van der Waals surface area (Å²) < 4.78 is 0. The molecule has 2 aliphatic heterocycles. The number of amides is 3. The van der Waals surface area contributed by atoms with E-state index in [1.54, 1.807) is 63.8 Å². The Morgan fingerprint density at radius 1 is 0.689 bits per heavy atom. The smallest absolute Gasteiger partial charge is 0.335 e. The van der Waals surface area contributed by atoms with Gasteiger partial charge < -0.3 is 36.8 Å². The molecule has 0 saturated carbocycles. The van der Waals surface area contributed by atoms with Crippen LogP contribution in [0.4, 0.5) is 17.1 Å². The van der Waals surface area contributed by atoms with Gasteiger partial charge in [0.1, 0.15) is 11.6 Å². The highest BCUT2D eigenvalue weighted by Gasteiger charge is 2.28. The van der Waals surface area contributed by atoms with E-state index in [0.29, 0.717) is 63.0 Å². The molecule has 74 heavy (non-hydrogen) atoms. The summed E-state index contributed by atoms with van der Waals surface area (Å²) in [6, 6.07) is 11.3. The third-order valence-corrected chi connectivity index (χ3v) is 11.7. The van der Waals surface area contributed by atoms with Gasteiger partial charge >= 0.3 is 11.9 Å². The number of aromatic carboxylic acids is 2. The number of aryl methyl sites for hydroxylation is 5. The first-order valence-electron chi connectivity index (χ1n) is 22.7. The molecule has 2 fully saturated rings. The Balaban J connectivity index is 0.000000347. The predicted octanol–water partition coefficient (Wildman–Crippen LogP) is 9.62. The Hall–Kier alpha value is -7.02. The molecule has 2 saturated heterocycles. The minimum absolute atomic E-state index is 0. The molecule has 0 bridgehead atoms. The number of aromatic nitrogens is 4. The molecule has 0 radical (unpaired) electrons. The van der Waals surface area contributed by atoms with Gasteiger partial charge in [-0.15, -0.1) is 12.4 Å². The molecule has 17 nitrogen and oxygen atoms in total. The van der Waals surface area contributed by atoms with Crippen molar-refractivity contribution in [2.24, 2.45) is 11.8 Å². The van der Waals surface area contributed by atoms with Gasteiger partial charge in [-0.2, -0.15) is 0 Å². The lowest BCUT2D eigenvalue weighted by atomic mass is 10.0. The number of carbonyl (C=O) groups excluding carboxylic acids is 4. The topological polar surface area (TPSA) is 260 Å². The first-order valence-corrected chi connectivity index (χ1v) is 23.9. The number of rotatable bonds is 12. The number of nitrogens with two attached hydrogens (primary N) is 1. The van der Waals surface area contributed by atoms with Crippen molar-refractivity contribution in [3.05, 3.63) is 171 Å². The molecule has 4 heterocycles. The maximum Gasteiger partial charge on any atom is 0.335 e. The zero-order valence-electron chi connectivity index (χ0n) is 41.7. The Morgan fingerprint density at radius 3 is 1.58 bits per heavy atom. The van der Waals surface area contributed by atoms with Gasteiger partial charge in [-0.25, -0.2) is 29.5 Å². The summed E-state index contributed by atoms with van der Waals surface area (Å²) in [7, 11) is 0. The summed E-state index contributed by atoms with van der Waals surface area (Å²) in [5, 5.41) is 26.7. The zero-order chi connectivity index (χ0) is 54.4. The second-order valence-corrected chi connectivity index (χ2v) is 18.1. The van der Waals surface area contributed by atoms with Gasteiger partial charge in [0.25, 0.3) is 5.91 Å². The van der Waals surface area contributed by atoms with Crippen LogP contribution in [0.25, 0.3) is 0 Å². The molecule has 21 heteroatoms. The van der Waals surface area contributed by atoms with Gasteiger partial charge in [-0.1, -0.05) is 42.9 Å². The molecule has 2 atom stereocenters. The fraction of sp³-hybridized carbons (Fsp3) is 0.283. The standard InChI is InChI=1S/C21H23ClN4O2.C11H11NO3.C9H12ClN3.C9H11NO2.C3H3ClO.ClH/c1-4-19(27)25-20-13(2)7-16(8-14(20)3)21(28)26-6-5-15(12-26)9-18-23-10-17(22)11-24-18;1-3-10(13)12-9-5-4-8(11(14)15)6-7(9)2;10-8-5-12-9(13-6-8)3-7-1-2-11-4-7;1-5-3-7(9(11)12)4-6(2)8(5)10;1-2-3(4)5;/h4,7-8,10-11,15H,1,5-6,9,12H2,2-3H3,(H,25,27);3-6H,1H2,2H3,(H,12,13)(H,14,15);5-7,11H,1-4H2;3-4H,10H2,1-2H3,(H,11,12);2H,1H2;1H/t15-;;7-;;;/m0.0.../s1. The van der Waals surface area contributed by atoms with Gasteiger partial charge in [0.15, 0.2) is 0 Å². The minimum atomic E-state index is -0.986. The number of carboxylic acid groups (broad SMARTS) is 2. The lowest BCUT2D eigenvalue weighted by Crippen LogP contribution is -2.29. The fourth-order valence-electron chi connectivity index (χ4n) is 7.34. The average molecular weight is 1090 g/mol. The monoisotopic (exact) mass is 1090 g/mol. The molecule has 394 valence electrons. The fourth-order valence-corrected chi connectivity index (χ4v) is 7.53. The number of nitrogens with one attached hydrogen (secondary N) is 3. The summed E-state index contributed by atoms with van der Waals surface area (Å²) in [5.41, 5.74) is 12.8. The lowest BCUT2D eigenvalue weighted by Gasteiger charge is -2.19. The number of halogens is 4. The third kappa shape index (κ3) is 21.2. The van der Waals surface area contributed by atoms with E-state index in [2.05, 4.69) is 55.6 Å². The number of hydrogen-bond donors (Lipinski definition) is 6. The highest BCUT2D eigenvalue weighted by molar-refractivity contribution is 6.66. The summed E-state index contributed by atoms with van der Waals surface area (Å²) in [6.07, 6.45) is 13.8. The van der Waals surface area contributed by atoms with Crippen LogP contribution in [-0.2, 0) is 27.2 Å². The van der Waals surface area contributed by atoms with E-state index in [1.165, 1.54) is 24.6 Å². The Bertz CT molecular complexity index is 2740. The van der Waals surface area contributed by atoms with Crippen molar-refractivity contribution < 1.29 is 39.0 Å². The van der Waals surface area contributed by atoms with Crippen molar-refractivity contribution in [1.29, 1.82) is 0 Å². The minimum Gasteiger partial charge on any atom is -0.478 e. The van der Waals surface area contributed by atoms with Crippen molar-refractivity contribution in [2.75, 3.05) is 42.5 Å². The second kappa shape index (κ2) is 31.5. The van der Waals surface area contributed by atoms with E-state index in [9.17, 15) is 28.8 Å². The van der Waals surface area contributed by atoms with Crippen molar-refractivity contribution in [3.8, 4) is 0 Å². The first-order chi connectivity index (χ1) is 34.5. The number of nitrogens with zero attached hydrogens (tertiary/aromatic N) is 5. The van der Waals surface area contributed by atoms with Crippen LogP contribution in [0.5, 0.6) is 0 Å². The Labute approximate surface area is 452 Å². The quantitative estimate of drug-likeness (QED) is 0.0386. The largest absolute Gasteiger partial charge is 0.478 e. The number of carbonyl (C=O) groups is 6. The third-order valence-electron chi connectivity index (χ3n) is 11.2. The van der Waals surface area contributed by atoms with Crippen LogP contribution >= 0.6 is 47.2 Å². The second-order valence-electron chi connectivity index (χ2n) is 16.9. The van der Waals surface area contributed by atoms with Gasteiger partial charge in [-0.05, 0) is 172 Å². The molecule has 0 spiro atoms. The molecule has 7 rings (SSSR count). The van der Waals surface area contributed by atoms with E-state index in [1.807, 2.05) is 30.9 Å². The first kappa shape index (κ1) is 63.1. The molecule has 7 N–H and O–H groups in total. The molecule has 2 aromatic heterocycles. The summed E-state index contributed by atoms with van der Waals surface area (Å²) in [5.74, 6) is 0.196. The molecule has 3 aromatic carbocycles. The number of anilines is 3. The van der Waals surface area contributed by atoms with Crippen molar-refractivity contribution in [3.63, 3.8) is 0 Å². The Kier molecular flexibility index (Phi) is 26.9. The normalized spacial score (nSPS) is 13.9. The predicted molar refractivity (Wildman–Crippen MR) is 294 cm³/mol. The van der Waals surface area contributed by atoms with E-state index in [4.69, 9.17) is 50.7 Å². The maximum absolute atomic E-state index is 13.0. The van der Waals surface area contributed by atoms with Gasteiger partial charge in [-0.3, -0.25) is 19.2 Å². The number of likely N-dealkylation sites (tertiary alicyclic amines) is 1. The van der Waals surface area contributed by atoms with Crippen LogP contribution in [0.1, 0.15) is 83.4 Å². The molecular weight excluding hydrogens is 1030 g/mol. The number of nitrogen functional groups attached to an aromatic ring is 1. The molecule has 0 aliphatic carbocycles. The van der Waals surface area contributed by atoms with Gasteiger partial charge in [0.05, 0.1) is 21.2 Å². The van der Waals surface area contributed by atoms with Crippen LogP contribution in [0.15, 0.2) is 105 Å². The summed E-state index contributed by atoms with van der Waals surface area (Å²) in [4.78, 5) is 84.9. The average Bonchev–Trinajstić information content (AvgIpc) is 4.07. The highest BCUT2D eigenvalue weighted by Crippen LogP contribution is 2.27. The summed E-state index contributed by atoms with van der Waals surface area (Å²) >= 11 is 16.2. The van der Waals surface area contributed by atoms with E-state index in [0.717, 1.165) is 84.1 Å². The van der Waals surface area contributed by atoms with Gasteiger partial charge in [0.2, 0.25) is 17.1 Å². The van der Waals surface area contributed by atoms with Crippen LogP contribution in [0.3, 0.4) is 0 Å². The number of carboxylic acids is 2. The van der Waals surface area contributed by atoms with E-state index < -0.39 is 17.2 Å². The summed E-state index contributed by atoms with van der Waals surface area (Å²) in [6.45, 7) is 22.6. The van der Waals surface area contributed by atoms with Crippen LogP contribution in [-0.4, -0.2) is 96.1 Å². The van der Waals surface area contributed by atoms with E-state index >= 15 is 0 Å². The SMILES string of the molecule is C=CC(=O)Cl.C=CC(=O)Nc1c(C)cc(C(=O)N2CC[C@@H](Cc3ncc(Cl)cn3)C2)cc1C.C=CC(=O)Nc1ccc(C(=O)O)cc1C.Cc1cc(C(=O)O)cc(C)c1N.Cl.Clc1cnc(C[C@@H]2CCNC2)nc1. The van der Waals surface area contributed by atoms with Crippen molar-refractivity contribution in [2.45, 2.75) is 60.3 Å². The molecule has 2 aliphatic rings. The van der Waals surface area contributed by atoms with E-state index in [-0.39, 0.29) is 35.7 Å². The zero-order valence-corrected chi connectivity index (χ0v) is 44.8. The molecular formula is C53H61Cl4N9O8. The molecule has 5 aromatic rings. The van der Waals surface area contributed by atoms with Crippen LogP contribution in [0.2, 0.25) is 10.0 Å². The molecule has 0 unspecified atom stereocenters. The van der Waals surface area contributed by atoms with Gasteiger partial charge in [0, 0.05) is 73.3 Å². The maximum atomic E-state index is 13.0. The number of allylic oxidation sites excluding steroid dienone is 1. The van der Waals surface area contributed by atoms with Crippen LogP contribution in [0, 0.1) is 46.5 Å². The van der Waals surface area contributed by atoms with Crippen molar-refractivity contribution >= 4 is 99.2 Å². The van der Waals surface area contributed by atoms with Crippen LogP contribution < -0.4 is 21.7 Å². The number of hydrogen-bond acceptors (Lipinski definition) is 12. The lowest BCUT2D eigenvalue weighted by molar-refractivity contribution is -0.112. The van der Waals surface area contributed by atoms with Crippen molar-refractivity contribution in [1.82, 2.24) is 30.2 Å². The molecule has 3 amide bonds.